The molecule has 2 aromatic carbocycles. The Balaban J connectivity index is 2.23. The fraction of sp³-hybridized carbons (Fsp3) is 0.0714. The molecule has 0 bridgehead atoms. The number of carbonyl (C=O) groups excluding carboxylic acids is 1. The van der Waals surface area contributed by atoms with Gasteiger partial charge in [0.2, 0.25) is 0 Å². The Labute approximate surface area is 117 Å². The summed E-state index contributed by atoms with van der Waals surface area (Å²) in [7, 11) is 0. The van der Waals surface area contributed by atoms with E-state index in [4.69, 9.17) is 0 Å². The van der Waals surface area contributed by atoms with Crippen LogP contribution in [-0.2, 0) is 6.18 Å². The predicted molar refractivity (Wildman–Crippen MR) is 69.2 cm³/mol. The molecule has 0 heterocycles. The molecular formula is C14H10F3NO3. The Bertz CT molecular complexity index is 663. The molecule has 0 aliphatic carbocycles. The van der Waals surface area contributed by atoms with Crippen LogP contribution in [0.25, 0.3) is 0 Å². The van der Waals surface area contributed by atoms with Gasteiger partial charge in [-0.2, -0.15) is 13.2 Å². The summed E-state index contributed by atoms with van der Waals surface area (Å²) in [6, 6.07) is 7.34. The van der Waals surface area contributed by atoms with E-state index >= 15 is 0 Å². The summed E-state index contributed by atoms with van der Waals surface area (Å²) in [6.07, 6.45) is -4.51. The van der Waals surface area contributed by atoms with E-state index in [1.807, 2.05) is 0 Å². The molecule has 0 aliphatic heterocycles. The smallest absolute Gasteiger partial charge is 0.416 e. The number of hydrogen-bond acceptors (Lipinski definition) is 3. The fourth-order valence-electron chi connectivity index (χ4n) is 1.70. The van der Waals surface area contributed by atoms with Crippen molar-refractivity contribution in [3.05, 3.63) is 53.6 Å². The van der Waals surface area contributed by atoms with Gasteiger partial charge in [-0.05, 0) is 30.3 Å². The van der Waals surface area contributed by atoms with E-state index < -0.39 is 17.6 Å². The van der Waals surface area contributed by atoms with Gasteiger partial charge in [0.05, 0.1) is 5.56 Å². The van der Waals surface area contributed by atoms with E-state index in [9.17, 15) is 28.2 Å². The number of nitrogens with one attached hydrogen (secondary N) is 1. The topological polar surface area (TPSA) is 69.6 Å². The second-order valence-electron chi connectivity index (χ2n) is 4.27. The molecule has 3 N–H and O–H groups in total. The van der Waals surface area contributed by atoms with Crippen LogP contribution in [-0.4, -0.2) is 16.1 Å². The van der Waals surface area contributed by atoms with Gasteiger partial charge in [-0.25, -0.2) is 0 Å². The zero-order chi connectivity index (χ0) is 15.6. The summed E-state index contributed by atoms with van der Waals surface area (Å²) in [5.74, 6) is -1.41. The summed E-state index contributed by atoms with van der Waals surface area (Å²) in [5, 5.41) is 20.8. The van der Waals surface area contributed by atoms with Gasteiger partial charge >= 0.3 is 6.18 Å². The number of carbonyl (C=O) groups is 1. The van der Waals surface area contributed by atoms with Crippen LogP contribution >= 0.6 is 0 Å². The lowest BCUT2D eigenvalue weighted by atomic mass is 10.1. The second-order valence-corrected chi connectivity index (χ2v) is 4.27. The van der Waals surface area contributed by atoms with E-state index in [-0.39, 0.29) is 22.7 Å². The largest absolute Gasteiger partial charge is 0.508 e. The Kier molecular flexibility index (Phi) is 3.75. The molecule has 0 aromatic heterocycles. The molecule has 7 heteroatoms. The Hall–Kier alpha value is -2.70. The zero-order valence-corrected chi connectivity index (χ0v) is 10.5. The number of halogens is 3. The van der Waals surface area contributed by atoms with Crippen LogP contribution in [0.5, 0.6) is 11.5 Å². The van der Waals surface area contributed by atoms with E-state index in [0.717, 1.165) is 30.3 Å². The predicted octanol–water partition coefficient (Wildman–Crippen LogP) is 3.37. The molecule has 0 saturated carbocycles. The highest BCUT2D eigenvalue weighted by molar-refractivity contribution is 6.04. The van der Waals surface area contributed by atoms with Crippen molar-refractivity contribution in [2.24, 2.45) is 0 Å². The lowest BCUT2D eigenvalue weighted by Gasteiger charge is -2.10. The van der Waals surface area contributed by atoms with E-state index in [1.54, 1.807) is 0 Å². The van der Waals surface area contributed by atoms with Crippen molar-refractivity contribution in [3.63, 3.8) is 0 Å². The monoisotopic (exact) mass is 297 g/mol. The molecule has 0 atom stereocenters. The van der Waals surface area contributed by atoms with Crippen LogP contribution in [0.1, 0.15) is 15.9 Å². The third kappa shape index (κ3) is 3.65. The maximum atomic E-state index is 12.6. The van der Waals surface area contributed by atoms with Gasteiger partial charge < -0.3 is 15.5 Å². The summed E-state index contributed by atoms with van der Waals surface area (Å²) in [5.41, 5.74) is -1.01. The van der Waals surface area contributed by atoms with Crippen LogP contribution in [0, 0.1) is 0 Å². The van der Waals surface area contributed by atoms with Crippen molar-refractivity contribution < 1.29 is 28.2 Å². The van der Waals surface area contributed by atoms with Crippen LogP contribution in [0.3, 0.4) is 0 Å². The minimum absolute atomic E-state index is 0.0438. The molecule has 0 unspecified atom stereocenters. The molecule has 0 radical (unpaired) electrons. The van der Waals surface area contributed by atoms with E-state index in [2.05, 4.69) is 5.32 Å². The van der Waals surface area contributed by atoms with Gasteiger partial charge in [-0.1, -0.05) is 6.07 Å². The lowest BCUT2D eigenvalue weighted by molar-refractivity contribution is -0.137. The third-order valence-electron chi connectivity index (χ3n) is 2.61. The average molecular weight is 297 g/mol. The number of rotatable bonds is 2. The standard InChI is InChI=1S/C14H10F3NO3/c15-14(16,17)9-2-1-3-10(6-9)18-13(21)8-4-11(19)7-12(20)5-8/h1-7,19-20H,(H,18,21). The normalized spacial score (nSPS) is 11.2. The fourth-order valence-corrected chi connectivity index (χ4v) is 1.70. The first kappa shape index (κ1) is 14.7. The first-order valence-electron chi connectivity index (χ1n) is 5.77. The molecule has 1 amide bonds. The molecule has 0 aliphatic rings. The Morgan fingerprint density at radius 1 is 1.00 bits per heavy atom. The summed E-state index contributed by atoms with van der Waals surface area (Å²) >= 11 is 0. The van der Waals surface area contributed by atoms with Crippen LogP contribution in [0.4, 0.5) is 18.9 Å². The number of anilines is 1. The number of phenolic OH excluding ortho intramolecular Hbond substituents is 2. The molecule has 110 valence electrons. The van der Waals surface area contributed by atoms with Crippen molar-refractivity contribution in [1.82, 2.24) is 0 Å². The number of benzene rings is 2. The molecular weight excluding hydrogens is 287 g/mol. The highest BCUT2D eigenvalue weighted by Gasteiger charge is 2.30. The maximum absolute atomic E-state index is 12.6. The van der Waals surface area contributed by atoms with Crippen LogP contribution in [0.15, 0.2) is 42.5 Å². The highest BCUT2D eigenvalue weighted by Crippen LogP contribution is 2.31. The maximum Gasteiger partial charge on any atom is 0.416 e. The van der Waals surface area contributed by atoms with Crippen LogP contribution < -0.4 is 5.32 Å². The van der Waals surface area contributed by atoms with Crippen molar-refractivity contribution >= 4 is 11.6 Å². The molecule has 2 aromatic rings. The minimum Gasteiger partial charge on any atom is -0.508 e. The summed E-state index contributed by atoms with van der Waals surface area (Å²) < 4.78 is 37.7. The average Bonchev–Trinajstić information content (AvgIpc) is 2.37. The SMILES string of the molecule is O=C(Nc1cccc(C(F)(F)F)c1)c1cc(O)cc(O)c1. The number of phenols is 2. The summed E-state index contributed by atoms with van der Waals surface area (Å²) in [6.45, 7) is 0. The number of alkyl halides is 3. The van der Waals surface area contributed by atoms with Gasteiger partial charge in [-0.15, -0.1) is 0 Å². The first-order valence-corrected chi connectivity index (χ1v) is 5.77. The van der Waals surface area contributed by atoms with Crippen molar-refractivity contribution in [1.29, 1.82) is 0 Å². The number of hydrogen-bond donors (Lipinski definition) is 3. The van der Waals surface area contributed by atoms with E-state index in [1.165, 1.54) is 12.1 Å². The van der Waals surface area contributed by atoms with Gasteiger partial charge in [-0.3, -0.25) is 4.79 Å². The third-order valence-corrected chi connectivity index (χ3v) is 2.61. The van der Waals surface area contributed by atoms with Gasteiger partial charge in [0.25, 0.3) is 5.91 Å². The molecule has 0 fully saturated rings. The molecule has 21 heavy (non-hydrogen) atoms. The number of aromatic hydroxyl groups is 2. The van der Waals surface area contributed by atoms with Gasteiger partial charge in [0, 0.05) is 17.3 Å². The molecule has 0 spiro atoms. The summed E-state index contributed by atoms with van der Waals surface area (Å²) in [4.78, 5) is 11.9. The lowest BCUT2D eigenvalue weighted by Crippen LogP contribution is -2.13. The Morgan fingerprint density at radius 3 is 2.19 bits per heavy atom. The molecule has 2 rings (SSSR count). The van der Waals surface area contributed by atoms with Crippen molar-refractivity contribution in [2.45, 2.75) is 6.18 Å². The first-order chi connectivity index (χ1) is 9.75. The number of amides is 1. The minimum atomic E-state index is -4.51. The van der Waals surface area contributed by atoms with Gasteiger partial charge in [0.15, 0.2) is 0 Å². The highest BCUT2D eigenvalue weighted by atomic mass is 19.4. The zero-order valence-electron chi connectivity index (χ0n) is 10.5. The van der Waals surface area contributed by atoms with Gasteiger partial charge in [0.1, 0.15) is 11.5 Å². The Morgan fingerprint density at radius 2 is 1.62 bits per heavy atom. The van der Waals surface area contributed by atoms with Crippen LogP contribution in [0.2, 0.25) is 0 Å². The molecule has 0 saturated heterocycles. The second kappa shape index (κ2) is 5.35. The van der Waals surface area contributed by atoms with E-state index in [0.29, 0.717) is 0 Å². The molecule has 4 nitrogen and oxygen atoms in total. The quantitative estimate of drug-likeness (QED) is 0.796. The van der Waals surface area contributed by atoms with Crippen molar-refractivity contribution in [2.75, 3.05) is 5.32 Å². The van der Waals surface area contributed by atoms with Crippen molar-refractivity contribution in [3.8, 4) is 11.5 Å².